The minimum atomic E-state index is -1.47. The Balaban J connectivity index is 1.47. The minimum absolute atomic E-state index is 0.0756. The van der Waals surface area contributed by atoms with Crippen LogP contribution < -0.4 is 5.32 Å². The number of carboxylic acid groups (broad SMARTS) is 1. The maximum atomic E-state index is 12.5. The zero-order valence-corrected chi connectivity index (χ0v) is 16.7. The molecule has 30 heavy (non-hydrogen) atoms. The highest BCUT2D eigenvalue weighted by molar-refractivity contribution is 5.84. The Labute approximate surface area is 175 Å². The maximum Gasteiger partial charge on any atom is 0.408 e. The molecule has 3 aromatic rings. The third-order valence-corrected chi connectivity index (χ3v) is 5.59. The van der Waals surface area contributed by atoms with Crippen LogP contribution in [0.2, 0.25) is 0 Å². The monoisotopic (exact) mass is 401 g/mol. The van der Waals surface area contributed by atoms with E-state index in [2.05, 4.69) is 17.4 Å². The first-order valence-corrected chi connectivity index (χ1v) is 9.88. The molecule has 0 fully saturated rings. The summed E-state index contributed by atoms with van der Waals surface area (Å²) < 4.78 is 5.51. The second-order valence-corrected chi connectivity index (χ2v) is 7.75. The summed E-state index contributed by atoms with van der Waals surface area (Å²) in [6.07, 6.45) is -0.578. The molecule has 0 bridgehead atoms. The fourth-order valence-electron chi connectivity index (χ4n) is 4.04. The van der Waals surface area contributed by atoms with Crippen LogP contribution in [0.5, 0.6) is 0 Å². The molecule has 152 valence electrons. The predicted molar refractivity (Wildman–Crippen MR) is 114 cm³/mol. The van der Waals surface area contributed by atoms with Crippen molar-refractivity contribution in [3.63, 3.8) is 0 Å². The second-order valence-electron chi connectivity index (χ2n) is 7.75. The molecule has 1 aliphatic rings. The molecule has 1 atom stereocenters. The lowest BCUT2D eigenvalue weighted by molar-refractivity contribution is -0.143. The van der Waals surface area contributed by atoms with E-state index in [0.717, 1.165) is 27.8 Å². The van der Waals surface area contributed by atoms with Gasteiger partial charge < -0.3 is 15.2 Å². The Hall–Kier alpha value is -3.60. The molecular formula is C25H23NO4. The lowest BCUT2D eigenvalue weighted by atomic mass is 9.93. The number of hydrogen-bond acceptors (Lipinski definition) is 3. The van der Waals surface area contributed by atoms with Crippen molar-refractivity contribution in [1.82, 2.24) is 5.32 Å². The molecule has 0 heterocycles. The lowest BCUT2D eigenvalue weighted by Crippen LogP contribution is -2.54. The highest BCUT2D eigenvalue weighted by Gasteiger charge is 2.36. The van der Waals surface area contributed by atoms with Crippen molar-refractivity contribution >= 4 is 12.1 Å². The number of carbonyl (C=O) groups excluding carboxylic acids is 1. The Morgan fingerprint density at radius 3 is 2.00 bits per heavy atom. The number of carboxylic acids is 1. The zero-order valence-electron chi connectivity index (χ0n) is 16.7. The quantitative estimate of drug-likeness (QED) is 0.632. The van der Waals surface area contributed by atoms with Gasteiger partial charge in [0.15, 0.2) is 0 Å². The molecule has 0 spiro atoms. The van der Waals surface area contributed by atoms with E-state index in [1.165, 1.54) is 6.92 Å². The number of aliphatic carboxylic acids is 1. The van der Waals surface area contributed by atoms with Gasteiger partial charge in [-0.3, -0.25) is 0 Å². The summed E-state index contributed by atoms with van der Waals surface area (Å²) in [5.74, 6) is -1.19. The van der Waals surface area contributed by atoms with Gasteiger partial charge in [0, 0.05) is 12.3 Å². The van der Waals surface area contributed by atoms with Crippen molar-refractivity contribution in [1.29, 1.82) is 0 Å². The Kier molecular flexibility index (Phi) is 5.27. The Morgan fingerprint density at radius 1 is 0.900 bits per heavy atom. The maximum absolute atomic E-state index is 12.5. The van der Waals surface area contributed by atoms with Gasteiger partial charge in [-0.25, -0.2) is 9.59 Å². The fraction of sp³-hybridized carbons (Fsp3) is 0.200. The predicted octanol–water partition coefficient (Wildman–Crippen LogP) is 4.61. The van der Waals surface area contributed by atoms with Crippen LogP contribution in [0.1, 0.15) is 29.5 Å². The third kappa shape index (κ3) is 3.79. The summed E-state index contributed by atoms with van der Waals surface area (Å²) in [5.41, 5.74) is 3.85. The molecule has 3 aromatic carbocycles. The molecule has 0 saturated heterocycles. The number of alkyl carbamates (subject to hydrolysis) is 1. The van der Waals surface area contributed by atoms with E-state index in [9.17, 15) is 14.7 Å². The summed E-state index contributed by atoms with van der Waals surface area (Å²) in [6, 6.07) is 25.3. The molecular weight excluding hydrogens is 378 g/mol. The molecule has 1 unspecified atom stereocenters. The first-order valence-electron chi connectivity index (χ1n) is 9.88. The van der Waals surface area contributed by atoms with Crippen molar-refractivity contribution in [3.8, 4) is 11.1 Å². The van der Waals surface area contributed by atoms with Crippen LogP contribution in [0, 0.1) is 0 Å². The average molecular weight is 401 g/mol. The van der Waals surface area contributed by atoms with E-state index in [0.29, 0.717) is 0 Å². The number of nitrogens with one attached hydrogen (secondary N) is 1. The van der Waals surface area contributed by atoms with Crippen molar-refractivity contribution in [3.05, 3.63) is 95.6 Å². The van der Waals surface area contributed by atoms with Gasteiger partial charge in [-0.2, -0.15) is 0 Å². The van der Waals surface area contributed by atoms with Gasteiger partial charge in [-0.05, 0) is 34.7 Å². The molecule has 5 heteroatoms. The number of benzene rings is 3. The van der Waals surface area contributed by atoms with Gasteiger partial charge in [0.05, 0.1) is 0 Å². The van der Waals surface area contributed by atoms with Crippen LogP contribution in [0.4, 0.5) is 4.79 Å². The minimum Gasteiger partial charge on any atom is -0.480 e. The smallest absolute Gasteiger partial charge is 0.408 e. The molecule has 0 aromatic heterocycles. The van der Waals surface area contributed by atoms with Crippen LogP contribution in [-0.2, 0) is 16.0 Å². The summed E-state index contributed by atoms with van der Waals surface area (Å²) in [4.78, 5) is 24.4. The van der Waals surface area contributed by atoms with Crippen LogP contribution in [0.25, 0.3) is 11.1 Å². The second kappa shape index (κ2) is 8.03. The van der Waals surface area contributed by atoms with Gasteiger partial charge in [0.1, 0.15) is 12.1 Å². The molecule has 0 radical (unpaired) electrons. The highest BCUT2D eigenvalue weighted by atomic mass is 16.5. The standard InChI is InChI=1S/C25H23NO4/c1-25(23(27)28,15-17-9-3-2-4-10-17)26-24(29)30-16-22-20-13-7-5-11-18(20)19-12-6-8-14-21(19)22/h2-14,22H,15-16H2,1H3,(H,26,29)(H,27,28). The van der Waals surface area contributed by atoms with Gasteiger partial charge in [0.2, 0.25) is 0 Å². The van der Waals surface area contributed by atoms with E-state index < -0.39 is 17.6 Å². The summed E-state index contributed by atoms with van der Waals surface area (Å²) >= 11 is 0. The van der Waals surface area contributed by atoms with E-state index in [4.69, 9.17) is 4.74 Å². The van der Waals surface area contributed by atoms with Crippen LogP contribution in [0.3, 0.4) is 0 Å². The van der Waals surface area contributed by atoms with Crippen molar-refractivity contribution in [2.75, 3.05) is 6.61 Å². The Morgan fingerprint density at radius 2 is 1.43 bits per heavy atom. The van der Waals surface area contributed by atoms with Crippen molar-refractivity contribution in [2.24, 2.45) is 0 Å². The SMILES string of the molecule is CC(Cc1ccccc1)(NC(=O)OCC1c2ccccc2-c2ccccc21)C(=O)O. The molecule has 1 aliphatic carbocycles. The number of rotatable bonds is 6. The van der Waals surface area contributed by atoms with E-state index in [-0.39, 0.29) is 18.9 Å². The highest BCUT2D eigenvalue weighted by Crippen LogP contribution is 2.44. The number of carbonyl (C=O) groups is 2. The van der Waals surface area contributed by atoms with E-state index in [1.54, 1.807) is 0 Å². The Bertz CT molecular complexity index is 1030. The summed E-state index contributed by atoms with van der Waals surface area (Å²) in [5, 5.41) is 12.3. The van der Waals surface area contributed by atoms with Gasteiger partial charge >= 0.3 is 12.1 Å². The summed E-state index contributed by atoms with van der Waals surface area (Å²) in [6.45, 7) is 1.63. The zero-order chi connectivity index (χ0) is 21.1. The topological polar surface area (TPSA) is 75.6 Å². The fourth-order valence-corrected chi connectivity index (χ4v) is 4.04. The number of fused-ring (bicyclic) bond motifs is 3. The van der Waals surface area contributed by atoms with E-state index >= 15 is 0 Å². The largest absolute Gasteiger partial charge is 0.480 e. The third-order valence-electron chi connectivity index (χ3n) is 5.59. The molecule has 2 N–H and O–H groups in total. The molecule has 5 nitrogen and oxygen atoms in total. The normalized spacial score (nSPS) is 14.3. The first kappa shape index (κ1) is 19.7. The number of amides is 1. The van der Waals surface area contributed by atoms with Gasteiger partial charge in [0.25, 0.3) is 0 Å². The molecule has 0 aliphatic heterocycles. The first-order chi connectivity index (χ1) is 14.5. The lowest BCUT2D eigenvalue weighted by Gasteiger charge is -2.26. The van der Waals surface area contributed by atoms with Crippen LogP contribution in [-0.4, -0.2) is 29.3 Å². The van der Waals surface area contributed by atoms with Crippen LogP contribution >= 0.6 is 0 Å². The van der Waals surface area contributed by atoms with Crippen molar-refractivity contribution < 1.29 is 19.4 Å². The number of ether oxygens (including phenoxy) is 1. The van der Waals surface area contributed by atoms with E-state index in [1.807, 2.05) is 66.7 Å². The van der Waals surface area contributed by atoms with Crippen molar-refractivity contribution in [2.45, 2.75) is 24.8 Å². The molecule has 4 rings (SSSR count). The molecule has 0 saturated carbocycles. The summed E-state index contributed by atoms with van der Waals surface area (Å²) in [7, 11) is 0. The van der Waals surface area contributed by atoms with Gasteiger partial charge in [-0.15, -0.1) is 0 Å². The average Bonchev–Trinajstić information content (AvgIpc) is 3.06. The van der Waals surface area contributed by atoms with Gasteiger partial charge in [-0.1, -0.05) is 78.9 Å². The van der Waals surface area contributed by atoms with Crippen LogP contribution in [0.15, 0.2) is 78.9 Å². The molecule has 1 amide bonds. The number of hydrogen-bond donors (Lipinski definition) is 2.